The van der Waals surface area contributed by atoms with Gasteiger partial charge in [0.25, 0.3) is 0 Å². The lowest BCUT2D eigenvalue weighted by molar-refractivity contribution is 0.176. The van der Waals surface area contributed by atoms with Crippen LogP contribution in [0.2, 0.25) is 0 Å². The predicted octanol–water partition coefficient (Wildman–Crippen LogP) is 4.76. The van der Waals surface area contributed by atoms with Crippen molar-refractivity contribution >= 4 is 0 Å². The monoisotopic (exact) mass is 239 g/mol. The number of rotatable bonds is 6. The molecule has 1 fully saturated rings. The molecule has 0 saturated heterocycles. The zero-order valence-electron chi connectivity index (χ0n) is 12.7. The van der Waals surface area contributed by atoms with Gasteiger partial charge in [-0.1, -0.05) is 47.0 Å². The molecule has 1 atom stereocenters. The molecule has 0 bridgehead atoms. The largest absolute Gasteiger partial charge is 0.316 e. The van der Waals surface area contributed by atoms with E-state index < -0.39 is 0 Å². The van der Waals surface area contributed by atoms with Crippen LogP contribution in [-0.4, -0.2) is 13.1 Å². The van der Waals surface area contributed by atoms with E-state index in [9.17, 15) is 0 Å². The van der Waals surface area contributed by atoms with Gasteiger partial charge in [-0.05, 0) is 50.0 Å². The van der Waals surface area contributed by atoms with Crippen LogP contribution in [0, 0.1) is 10.8 Å². The van der Waals surface area contributed by atoms with E-state index in [4.69, 9.17) is 0 Å². The van der Waals surface area contributed by atoms with E-state index in [2.05, 4.69) is 40.1 Å². The highest BCUT2D eigenvalue weighted by atomic mass is 14.9. The summed E-state index contributed by atoms with van der Waals surface area (Å²) in [6.45, 7) is 9.45. The van der Waals surface area contributed by atoms with E-state index in [1.165, 1.54) is 51.4 Å². The van der Waals surface area contributed by atoms with Crippen molar-refractivity contribution in [3.05, 3.63) is 0 Å². The molecule has 1 N–H and O–H groups in total. The van der Waals surface area contributed by atoms with Crippen molar-refractivity contribution in [2.24, 2.45) is 10.8 Å². The smallest absolute Gasteiger partial charge is 0.0120 e. The summed E-state index contributed by atoms with van der Waals surface area (Å²) in [5.41, 5.74) is 1.11. The molecule has 0 radical (unpaired) electrons. The summed E-state index contributed by atoms with van der Waals surface area (Å²) in [6.07, 6.45) is 11.2. The Morgan fingerprint density at radius 1 is 1.18 bits per heavy atom. The average Bonchev–Trinajstić information content (AvgIpc) is 2.72. The van der Waals surface area contributed by atoms with Crippen LogP contribution in [-0.2, 0) is 0 Å². The normalized spacial score (nSPS) is 21.7. The second kappa shape index (κ2) is 6.22. The molecule has 102 valence electrons. The van der Waals surface area contributed by atoms with Crippen LogP contribution in [0.15, 0.2) is 0 Å². The molecule has 1 unspecified atom stereocenters. The Morgan fingerprint density at radius 3 is 2.18 bits per heavy atom. The molecule has 0 aliphatic heterocycles. The van der Waals surface area contributed by atoms with Gasteiger partial charge in [-0.2, -0.15) is 0 Å². The Bertz CT molecular complexity index is 208. The molecule has 0 aromatic heterocycles. The molecule has 0 spiro atoms. The Labute approximate surface area is 109 Å². The fourth-order valence-electron chi connectivity index (χ4n) is 3.62. The van der Waals surface area contributed by atoms with Crippen molar-refractivity contribution < 1.29 is 0 Å². The standard InChI is InChI=1S/C16H33N/c1-6-16(12-7-8-13-16)14(17-5)10-9-11-15(2,3)4/h14,17H,6-13H2,1-5H3. The van der Waals surface area contributed by atoms with E-state index in [0.717, 1.165) is 6.04 Å². The van der Waals surface area contributed by atoms with Crippen LogP contribution >= 0.6 is 0 Å². The van der Waals surface area contributed by atoms with E-state index >= 15 is 0 Å². The molecule has 0 heterocycles. The fourth-order valence-corrected chi connectivity index (χ4v) is 3.62. The highest BCUT2D eigenvalue weighted by Crippen LogP contribution is 2.45. The van der Waals surface area contributed by atoms with Crippen LogP contribution in [0.5, 0.6) is 0 Å². The summed E-state index contributed by atoms with van der Waals surface area (Å²) in [5.74, 6) is 0. The van der Waals surface area contributed by atoms with Crippen molar-refractivity contribution in [2.45, 2.75) is 85.1 Å². The van der Waals surface area contributed by atoms with Gasteiger partial charge in [-0.25, -0.2) is 0 Å². The molecular weight excluding hydrogens is 206 g/mol. The Balaban J connectivity index is 2.47. The molecular formula is C16H33N. The molecule has 0 aromatic carbocycles. The maximum absolute atomic E-state index is 3.62. The third-order valence-corrected chi connectivity index (χ3v) is 4.81. The van der Waals surface area contributed by atoms with Crippen molar-refractivity contribution in [1.29, 1.82) is 0 Å². The maximum atomic E-state index is 3.62. The highest BCUT2D eigenvalue weighted by molar-refractivity contribution is 4.93. The van der Waals surface area contributed by atoms with Gasteiger partial charge in [-0.3, -0.25) is 0 Å². The Kier molecular flexibility index (Phi) is 5.50. The summed E-state index contributed by atoms with van der Waals surface area (Å²) in [4.78, 5) is 0. The van der Waals surface area contributed by atoms with E-state index in [0.29, 0.717) is 10.8 Å². The molecule has 0 amide bonds. The minimum Gasteiger partial charge on any atom is -0.316 e. The van der Waals surface area contributed by atoms with Crippen LogP contribution in [0.25, 0.3) is 0 Å². The minimum atomic E-state index is 0.493. The lowest BCUT2D eigenvalue weighted by atomic mass is 9.73. The van der Waals surface area contributed by atoms with E-state index in [-0.39, 0.29) is 0 Å². The summed E-state index contributed by atoms with van der Waals surface area (Å²) in [7, 11) is 2.16. The first-order chi connectivity index (χ1) is 7.93. The van der Waals surface area contributed by atoms with Crippen LogP contribution < -0.4 is 5.32 Å². The molecule has 1 nitrogen and oxygen atoms in total. The first-order valence-electron chi connectivity index (χ1n) is 7.61. The van der Waals surface area contributed by atoms with Gasteiger partial charge in [-0.15, -0.1) is 0 Å². The molecule has 1 aliphatic carbocycles. The van der Waals surface area contributed by atoms with Crippen molar-refractivity contribution in [1.82, 2.24) is 5.32 Å². The topological polar surface area (TPSA) is 12.0 Å². The third kappa shape index (κ3) is 4.28. The van der Waals surface area contributed by atoms with Gasteiger partial charge < -0.3 is 5.32 Å². The lowest BCUT2D eigenvalue weighted by Gasteiger charge is -2.37. The van der Waals surface area contributed by atoms with Gasteiger partial charge in [0.1, 0.15) is 0 Å². The van der Waals surface area contributed by atoms with Crippen molar-refractivity contribution in [3.63, 3.8) is 0 Å². The van der Waals surface area contributed by atoms with Gasteiger partial charge in [0, 0.05) is 6.04 Å². The molecule has 1 aliphatic rings. The van der Waals surface area contributed by atoms with Crippen molar-refractivity contribution in [2.75, 3.05) is 7.05 Å². The van der Waals surface area contributed by atoms with Gasteiger partial charge >= 0.3 is 0 Å². The second-order valence-corrected chi connectivity index (χ2v) is 7.22. The third-order valence-electron chi connectivity index (χ3n) is 4.81. The van der Waals surface area contributed by atoms with Gasteiger partial charge in [0.15, 0.2) is 0 Å². The summed E-state index contributed by atoms with van der Waals surface area (Å²) >= 11 is 0. The van der Waals surface area contributed by atoms with E-state index in [1.807, 2.05) is 0 Å². The zero-order chi connectivity index (χ0) is 12.9. The molecule has 0 aromatic rings. The fraction of sp³-hybridized carbons (Fsp3) is 1.00. The highest BCUT2D eigenvalue weighted by Gasteiger charge is 2.38. The summed E-state index contributed by atoms with van der Waals surface area (Å²) < 4.78 is 0. The average molecular weight is 239 g/mol. The van der Waals surface area contributed by atoms with Crippen LogP contribution in [0.1, 0.15) is 79.1 Å². The van der Waals surface area contributed by atoms with E-state index in [1.54, 1.807) is 0 Å². The first kappa shape index (κ1) is 15.0. The number of hydrogen-bond donors (Lipinski definition) is 1. The first-order valence-corrected chi connectivity index (χ1v) is 7.61. The summed E-state index contributed by atoms with van der Waals surface area (Å²) in [6, 6.07) is 0.748. The Morgan fingerprint density at radius 2 is 1.76 bits per heavy atom. The SMILES string of the molecule is CCC1(C(CCCC(C)(C)C)NC)CCCC1. The lowest BCUT2D eigenvalue weighted by Crippen LogP contribution is -2.41. The van der Waals surface area contributed by atoms with Crippen LogP contribution in [0.4, 0.5) is 0 Å². The second-order valence-electron chi connectivity index (χ2n) is 7.22. The number of hydrogen-bond acceptors (Lipinski definition) is 1. The minimum absolute atomic E-state index is 0.493. The molecule has 1 saturated carbocycles. The molecule has 1 rings (SSSR count). The molecule has 17 heavy (non-hydrogen) atoms. The van der Waals surface area contributed by atoms with Crippen molar-refractivity contribution in [3.8, 4) is 0 Å². The predicted molar refractivity (Wildman–Crippen MR) is 77.3 cm³/mol. The molecule has 1 heteroatoms. The summed E-state index contributed by atoms with van der Waals surface area (Å²) in [5, 5.41) is 3.62. The maximum Gasteiger partial charge on any atom is 0.0120 e. The quantitative estimate of drug-likeness (QED) is 0.704. The van der Waals surface area contributed by atoms with Crippen LogP contribution in [0.3, 0.4) is 0 Å². The number of nitrogens with one attached hydrogen (secondary N) is 1. The Hall–Kier alpha value is -0.0400. The zero-order valence-corrected chi connectivity index (χ0v) is 12.7. The van der Waals surface area contributed by atoms with Gasteiger partial charge in [0.05, 0.1) is 0 Å². The van der Waals surface area contributed by atoms with Gasteiger partial charge in [0.2, 0.25) is 0 Å².